The molecule has 3 aromatic rings. The van der Waals surface area contributed by atoms with Crippen molar-refractivity contribution < 1.29 is 18.7 Å². The Balaban J connectivity index is 1.46. The standard InChI is InChI=1S/C24H26FN3O3/c1-15(16-5-7-17(25)8-6-16)22(29)13-27-18-9-10-21-20(12-23(30)31-2)19-4-3-11-26-24(19)28(21)14-18/h3-8,11,15,18,27H,9-10,12-14H2,1-2H3/t15-,18-/m1/s1. The summed E-state index contributed by atoms with van der Waals surface area (Å²) in [7, 11) is 1.40. The van der Waals surface area contributed by atoms with E-state index in [4.69, 9.17) is 4.74 Å². The summed E-state index contributed by atoms with van der Waals surface area (Å²) in [6.45, 7) is 2.78. The van der Waals surface area contributed by atoms with Crippen LogP contribution < -0.4 is 5.32 Å². The Bertz CT molecular complexity index is 1110. The molecule has 2 aromatic heterocycles. The van der Waals surface area contributed by atoms with E-state index in [0.29, 0.717) is 6.54 Å². The van der Waals surface area contributed by atoms with Crippen molar-refractivity contribution in [3.63, 3.8) is 0 Å². The number of fused-ring (bicyclic) bond motifs is 3. The van der Waals surface area contributed by atoms with Gasteiger partial charge in [0.2, 0.25) is 0 Å². The summed E-state index contributed by atoms with van der Waals surface area (Å²) < 4.78 is 20.2. The molecule has 0 fully saturated rings. The van der Waals surface area contributed by atoms with Gasteiger partial charge in [-0.1, -0.05) is 19.1 Å². The number of carbonyl (C=O) groups excluding carboxylic acids is 2. The minimum absolute atomic E-state index is 0.0688. The lowest BCUT2D eigenvalue weighted by Crippen LogP contribution is -2.41. The molecule has 1 aliphatic rings. The molecule has 4 rings (SSSR count). The molecule has 0 saturated heterocycles. The average molecular weight is 423 g/mol. The van der Waals surface area contributed by atoms with Gasteiger partial charge >= 0.3 is 5.97 Å². The highest BCUT2D eigenvalue weighted by atomic mass is 19.1. The number of rotatable bonds is 7. The Morgan fingerprint density at radius 1 is 1.29 bits per heavy atom. The van der Waals surface area contributed by atoms with Crippen LogP contribution in [0.3, 0.4) is 0 Å². The van der Waals surface area contributed by atoms with Crippen molar-refractivity contribution in [1.82, 2.24) is 14.9 Å². The van der Waals surface area contributed by atoms with E-state index in [1.807, 2.05) is 19.1 Å². The zero-order chi connectivity index (χ0) is 22.0. The van der Waals surface area contributed by atoms with Gasteiger partial charge in [0.15, 0.2) is 5.78 Å². The monoisotopic (exact) mass is 423 g/mol. The Hall–Kier alpha value is -3.06. The third-order valence-electron chi connectivity index (χ3n) is 6.14. The number of ether oxygens (including phenoxy) is 1. The van der Waals surface area contributed by atoms with Crippen LogP contribution in [0.1, 0.15) is 36.1 Å². The molecule has 0 aliphatic carbocycles. The second kappa shape index (κ2) is 8.98. The van der Waals surface area contributed by atoms with Crippen molar-refractivity contribution in [2.24, 2.45) is 0 Å². The molecular formula is C24H26FN3O3. The second-order valence-corrected chi connectivity index (χ2v) is 8.02. The zero-order valence-electron chi connectivity index (χ0n) is 17.7. The van der Waals surface area contributed by atoms with E-state index in [2.05, 4.69) is 14.9 Å². The lowest BCUT2D eigenvalue weighted by atomic mass is 9.96. The first kappa shape index (κ1) is 21.2. The first-order valence-electron chi connectivity index (χ1n) is 10.5. The molecule has 0 unspecified atom stereocenters. The number of nitrogens with one attached hydrogen (secondary N) is 1. The third kappa shape index (κ3) is 4.37. The van der Waals surface area contributed by atoms with Crippen LogP contribution >= 0.6 is 0 Å². The molecule has 1 aromatic carbocycles. The van der Waals surface area contributed by atoms with Crippen LogP contribution in [0.15, 0.2) is 42.6 Å². The number of pyridine rings is 1. The summed E-state index contributed by atoms with van der Waals surface area (Å²) in [6.07, 6.45) is 3.64. The summed E-state index contributed by atoms with van der Waals surface area (Å²) in [5.41, 5.74) is 3.76. The number of halogens is 1. The van der Waals surface area contributed by atoms with Crippen LogP contribution in [-0.4, -0.2) is 41.0 Å². The highest BCUT2D eigenvalue weighted by Gasteiger charge is 2.27. The number of ketones is 1. The largest absolute Gasteiger partial charge is 0.469 e. The molecule has 0 radical (unpaired) electrons. The van der Waals surface area contributed by atoms with Gasteiger partial charge in [-0.3, -0.25) is 9.59 Å². The normalized spacial score (nSPS) is 16.7. The van der Waals surface area contributed by atoms with Gasteiger partial charge in [0.05, 0.1) is 20.1 Å². The van der Waals surface area contributed by atoms with Gasteiger partial charge in [0.1, 0.15) is 11.5 Å². The summed E-state index contributed by atoms with van der Waals surface area (Å²) in [5.74, 6) is -0.800. The van der Waals surface area contributed by atoms with Crippen LogP contribution in [0.4, 0.5) is 4.39 Å². The van der Waals surface area contributed by atoms with Gasteiger partial charge in [-0.05, 0) is 48.2 Å². The molecule has 1 N–H and O–H groups in total. The van der Waals surface area contributed by atoms with Gasteiger partial charge in [-0.25, -0.2) is 9.37 Å². The molecule has 2 atom stereocenters. The predicted molar refractivity (Wildman–Crippen MR) is 115 cm³/mol. The molecule has 162 valence electrons. The molecule has 1 aliphatic heterocycles. The fraction of sp³-hybridized carbons (Fsp3) is 0.375. The average Bonchev–Trinajstić information content (AvgIpc) is 3.10. The number of nitrogens with zero attached hydrogens (tertiary/aromatic N) is 2. The Kier molecular flexibility index (Phi) is 6.13. The minimum Gasteiger partial charge on any atom is -0.469 e. The van der Waals surface area contributed by atoms with Crippen molar-refractivity contribution in [2.45, 2.75) is 44.7 Å². The summed E-state index contributed by atoms with van der Waals surface area (Å²) in [6, 6.07) is 10.1. The molecule has 7 heteroatoms. The SMILES string of the molecule is COC(=O)Cc1c2n(c3ncccc13)C[C@H](NCC(=O)[C@H](C)c1ccc(F)cc1)CC2. The van der Waals surface area contributed by atoms with Gasteiger partial charge in [-0.2, -0.15) is 0 Å². The maximum absolute atomic E-state index is 13.1. The zero-order valence-corrected chi connectivity index (χ0v) is 17.7. The van der Waals surface area contributed by atoms with E-state index >= 15 is 0 Å². The van der Waals surface area contributed by atoms with E-state index in [1.54, 1.807) is 18.3 Å². The summed E-state index contributed by atoms with van der Waals surface area (Å²) in [5, 5.41) is 4.36. The van der Waals surface area contributed by atoms with Gasteiger partial charge < -0.3 is 14.6 Å². The van der Waals surface area contributed by atoms with Crippen molar-refractivity contribution in [2.75, 3.05) is 13.7 Å². The van der Waals surface area contributed by atoms with Crippen LogP contribution in [0.25, 0.3) is 11.0 Å². The van der Waals surface area contributed by atoms with Crippen LogP contribution in [-0.2, 0) is 33.7 Å². The van der Waals surface area contributed by atoms with Crippen LogP contribution in [0, 0.1) is 5.82 Å². The molecule has 0 bridgehead atoms. The summed E-state index contributed by atoms with van der Waals surface area (Å²) in [4.78, 5) is 29.1. The van der Waals surface area contributed by atoms with Gasteiger partial charge in [0.25, 0.3) is 0 Å². The third-order valence-corrected chi connectivity index (χ3v) is 6.14. The number of Topliss-reactive ketones (excluding diaryl/α,β-unsaturated/α-hetero) is 1. The van der Waals surface area contributed by atoms with Gasteiger partial charge in [0, 0.05) is 35.8 Å². The molecular weight excluding hydrogens is 397 g/mol. The van der Waals surface area contributed by atoms with Crippen molar-refractivity contribution in [3.05, 3.63) is 65.2 Å². The number of methoxy groups -OCH3 is 1. The number of hydrogen-bond donors (Lipinski definition) is 1. The highest BCUT2D eigenvalue weighted by Crippen LogP contribution is 2.30. The van der Waals surface area contributed by atoms with E-state index in [-0.39, 0.29) is 42.5 Å². The smallest absolute Gasteiger partial charge is 0.310 e. The predicted octanol–water partition coefficient (Wildman–Crippen LogP) is 3.17. The van der Waals surface area contributed by atoms with E-state index in [9.17, 15) is 14.0 Å². The number of aromatic nitrogens is 2. The van der Waals surface area contributed by atoms with E-state index in [0.717, 1.165) is 40.7 Å². The maximum atomic E-state index is 13.1. The molecule has 0 saturated carbocycles. The number of esters is 1. The molecule has 6 nitrogen and oxygen atoms in total. The minimum atomic E-state index is -0.307. The van der Waals surface area contributed by atoms with Crippen molar-refractivity contribution in [3.8, 4) is 0 Å². The number of hydrogen-bond acceptors (Lipinski definition) is 5. The quantitative estimate of drug-likeness (QED) is 0.591. The van der Waals surface area contributed by atoms with Gasteiger partial charge in [-0.15, -0.1) is 0 Å². The fourth-order valence-corrected chi connectivity index (χ4v) is 4.31. The number of carbonyl (C=O) groups is 2. The lowest BCUT2D eigenvalue weighted by Gasteiger charge is -2.27. The molecule has 0 spiro atoms. The fourth-order valence-electron chi connectivity index (χ4n) is 4.31. The van der Waals surface area contributed by atoms with Crippen LogP contribution in [0.5, 0.6) is 0 Å². The van der Waals surface area contributed by atoms with Crippen molar-refractivity contribution >= 4 is 22.8 Å². The Morgan fingerprint density at radius 2 is 2.06 bits per heavy atom. The molecule has 3 heterocycles. The van der Waals surface area contributed by atoms with Crippen LogP contribution in [0.2, 0.25) is 0 Å². The Labute approximate surface area is 180 Å². The first-order chi connectivity index (χ1) is 15.0. The Morgan fingerprint density at radius 3 is 2.81 bits per heavy atom. The number of benzene rings is 1. The van der Waals surface area contributed by atoms with E-state index < -0.39 is 0 Å². The topological polar surface area (TPSA) is 73.2 Å². The van der Waals surface area contributed by atoms with Crippen molar-refractivity contribution in [1.29, 1.82) is 0 Å². The second-order valence-electron chi connectivity index (χ2n) is 8.02. The molecule has 0 amide bonds. The lowest BCUT2D eigenvalue weighted by molar-refractivity contribution is -0.139. The molecule has 31 heavy (non-hydrogen) atoms. The summed E-state index contributed by atoms with van der Waals surface area (Å²) >= 11 is 0. The van der Waals surface area contributed by atoms with E-state index in [1.165, 1.54) is 19.2 Å². The highest BCUT2D eigenvalue weighted by molar-refractivity contribution is 5.88. The first-order valence-corrected chi connectivity index (χ1v) is 10.5. The maximum Gasteiger partial charge on any atom is 0.310 e.